The number of hydrogen-bond acceptors (Lipinski definition) is 2. The Hall–Kier alpha value is -0.960. The molecular formula is C13H17NOS. The van der Waals surface area contributed by atoms with Crippen molar-refractivity contribution in [3.05, 3.63) is 29.8 Å². The average Bonchev–Trinajstić information content (AvgIpc) is 3.07. The van der Waals surface area contributed by atoms with E-state index in [1.165, 1.54) is 12.8 Å². The molecule has 1 amide bonds. The van der Waals surface area contributed by atoms with Gasteiger partial charge in [-0.2, -0.15) is 0 Å². The summed E-state index contributed by atoms with van der Waals surface area (Å²) in [4.78, 5) is 12.6. The summed E-state index contributed by atoms with van der Waals surface area (Å²) >= 11 is 4.28. The van der Waals surface area contributed by atoms with Gasteiger partial charge < -0.3 is 5.32 Å². The van der Waals surface area contributed by atoms with E-state index in [2.05, 4.69) is 24.9 Å². The van der Waals surface area contributed by atoms with Gasteiger partial charge in [0, 0.05) is 11.4 Å². The van der Waals surface area contributed by atoms with Crippen LogP contribution in [0.1, 0.15) is 36.5 Å². The highest BCUT2D eigenvalue weighted by Crippen LogP contribution is 2.47. The van der Waals surface area contributed by atoms with Crippen molar-refractivity contribution in [1.29, 1.82) is 0 Å². The van der Waals surface area contributed by atoms with Crippen molar-refractivity contribution in [3.63, 3.8) is 0 Å². The van der Waals surface area contributed by atoms with E-state index in [0.29, 0.717) is 11.0 Å². The Bertz CT molecular complexity index is 399. The highest BCUT2D eigenvalue weighted by Gasteiger charge is 2.40. The van der Waals surface area contributed by atoms with E-state index in [4.69, 9.17) is 0 Å². The zero-order chi connectivity index (χ0) is 11.6. The molecule has 0 spiro atoms. The number of amides is 1. The fourth-order valence-electron chi connectivity index (χ4n) is 1.86. The van der Waals surface area contributed by atoms with Gasteiger partial charge in [-0.15, -0.1) is 12.6 Å². The number of carbonyl (C=O) groups excluding carboxylic acids is 1. The van der Waals surface area contributed by atoms with Crippen molar-refractivity contribution in [2.75, 3.05) is 6.54 Å². The topological polar surface area (TPSA) is 29.1 Å². The number of hydrogen-bond donors (Lipinski definition) is 2. The summed E-state index contributed by atoms with van der Waals surface area (Å²) in [5.74, 6) is -0.00896. The minimum atomic E-state index is -0.00896. The standard InChI is InChI=1S/C13H17NOS/c1-2-13(7-8-13)9-14-12(15)10-5-3-4-6-11(10)16/h3-6,16H,2,7-9H2,1H3,(H,14,15). The normalized spacial score (nSPS) is 16.9. The molecule has 0 radical (unpaired) electrons. The average molecular weight is 235 g/mol. The van der Waals surface area contributed by atoms with E-state index < -0.39 is 0 Å². The Labute approximate surface area is 102 Å². The molecule has 1 aromatic rings. The summed E-state index contributed by atoms with van der Waals surface area (Å²) < 4.78 is 0. The highest BCUT2D eigenvalue weighted by molar-refractivity contribution is 7.80. The van der Waals surface area contributed by atoms with E-state index in [9.17, 15) is 4.79 Å². The molecule has 1 fully saturated rings. The van der Waals surface area contributed by atoms with Crippen LogP contribution >= 0.6 is 12.6 Å². The maximum Gasteiger partial charge on any atom is 0.252 e. The lowest BCUT2D eigenvalue weighted by atomic mass is 10.0. The molecule has 0 atom stereocenters. The van der Waals surface area contributed by atoms with E-state index in [0.717, 1.165) is 17.9 Å². The molecule has 1 saturated carbocycles. The van der Waals surface area contributed by atoms with Crippen molar-refractivity contribution >= 4 is 18.5 Å². The first-order chi connectivity index (χ1) is 7.67. The number of benzene rings is 1. The molecule has 86 valence electrons. The zero-order valence-electron chi connectivity index (χ0n) is 9.49. The van der Waals surface area contributed by atoms with Crippen LogP contribution in [0.5, 0.6) is 0 Å². The largest absolute Gasteiger partial charge is 0.351 e. The highest BCUT2D eigenvalue weighted by atomic mass is 32.1. The Morgan fingerprint density at radius 2 is 2.12 bits per heavy atom. The SMILES string of the molecule is CCC1(CNC(=O)c2ccccc2S)CC1. The molecule has 0 saturated heterocycles. The number of thiol groups is 1. The van der Waals surface area contributed by atoms with Gasteiger partial charge in [0.05, 0.1) is 5.56 Å². The lowest BCUT2D eigenvalue weighted by Gasteiger charge is -2.13. The van der Waals surface area contributed by atoms with Crippen molar-refractivity contribution < 1.29 is 4.79 Å². The quantitative estimate of drug-likeness (QED) is 0.772. The molecule has 3 heteroatoms. The summed E-state index contributed by atoms with van der Waals surface area (Å²) in [5.41, 5.74) is 1.05. The first kappa shape index (κ1) is 11.5. The van der Waals surface area contributed by atoms with Gasteiger partial charge in [-0.3, -0.25) is 4.79 Å². The summed E-state index contributed by atoms with van der Waals surface area (Å²) in [6, 6.07) is 7.39. The number of rotatable bonds is 4. The second-order valence-corrected chi connectivity index (χ2v) is 5.04. The van der Waals surface area contributed by atoms with Crippen molar-refractivity contribution in [3.8, 4) is 0 Å². The molecule has 0 bridgehead atoms. The second kappa shape index (κ2) is 4.50. The van der Waals surface area contributed by atoms with E-state index in [1.807, 2.05) is 24.3 Å². The van der Waals surface area contributed by atoms with Crippen LogP contribution in [-0.4, -0.2) is 12.5 Å². The van der Waals surface area contributed by atoms with Gasteiger partial charge in [0.2, 0.25) is 0 Å². The number of nitrogens with one attached hydrogen (secondary N) is 1. The molecule has 2 nitrogen and oxygen atoms in total. The van der Waals surface area contributed by atoms with Crippen LogP contribution in [0.3, 0.4) is 0 Å². The van der Waals surface area contributed by atoms with Gasteiger partial charge in [0.25, 0.3) is 5.91 Å². The minimum absolute atomic E-state index is 0.00896. The van der Waals surface area contributed by atoms with Gasteiger partial charge in [-0.1, -0.05) is 19.1 Å². The molecule has 0 aromatic heterocycles. The zero-order valence-corrected chi connectivity index (χ0v) is 10.4. The summed E-state index contributed by atoms with van der Waals surface area (Å²) in [7, 11) is 0. The van der Waals surface area contributed by atoms with Gasteiger partial charge in [-0.25, -0.2) is 0 Å². The van der Waals surface area contributed by atoms with Crippen LogP contribution in [0.25, 0.3) is 0 Å². The van der Waals surface area contributed by atoms with E-state index >= 15 is 0 Å². The van der Waals surface area contributed by atoms with Crippen molar-refractivity contribution in [1.82, 2.24) is 5.32 Å². The van der Waals surface area contributed by atoms with Crippen LogP contribution in [0, 0.1) is 5.41 Å². The van der Waals surface area contributed by atoms with Gasteiger partial charge in [0.15, 0.2) is 0 Å². The fraction of sp³-hybridized carbons (Fsp3) is 0.462. The van der Waals surface area contributed by atoms with E-state index in [-0.39, 0.29) is 5.91 Å². The Balaban J connectivity index is 1.96. The monoisotopic (exact) mass is 235 g/mol. The summed E-state index contributed by atoms with van der Waals surface area (Å²) in [5, 5.41) is 3.01. The molecular weight excluding hydrogens is 218 g/mol. The summed E-state index contributed by atoms with van der Waals surface area (Å²) in [6.45, 7) is 2.98. The Morgan fingerprint density at radius 3 is 2.69 bits per heavy atom. The first-order valence-corrected chi connectivity index (χ1v) is 6.18. The molecule has 1 N–H and O–H groups in total. The molecule has 0 heterocycles. The van der Waals surface area contributed by atoms with Crippen LogP contribution in [0.4, 0.5) is 0 Å². The molecule has 0 unspecified atom stereocenters. The third kappa shape index (κ3) is 2.40. The lowest BCUT2D eigenvalue weighted by Crippen LogP contribution is -2.30. The second-order valence-electron chi connectivity index (χ2n) is 4.55. The van der Waals surface area contributed by atoms with Crippen molar-refractivity contribution in [2.24, 2.45) is 5.41 Å². The molecule has 1 aliphatic carbocycles. The van der Waals surface area contributed by atoms with Gasteiger partial charge in [0.1, 0.15) is 0 Å². The first-order valence-electron chi connectivity index (χ1n) is 5.73. The minimum Gasteiger partial charge on any atom is -0.351 e. The van der Waals surface area contributed by atoms with Gasteiger partial charge in [-0.05, 0) is 36.8 Å². The molecule has 16 heavy (non-hydrogen) atoms. The van der Waals surface area contributed by atoms with E-state index in [1.54, 1.807) is 0 Å². The fourth-order valence-corrected chi connectivity index (χ4v) is 2.12. The summed E-state index contributed by atoms with van der Waals surface area (Å²) in [6.07, 6.45) is 3.63. The maximum atomic E-state index is 11.9. The van der Waals surface area contributed by atoms with Gasteiger partial charge >= 0.3 is 0 Å². The smallest absolute Gasteiger partial charge is 0.252 e. The molecule has 0 aliphatic heterocycles. The van der Waals surface area contributed by atoms with Crippen LogP contribution in [0.2, 0.25) is 0 Å². The van der Waals surface area contributed by atoms with Crippen LogP contribution in [-0.2, 0) is 0 Å². The molecule has 1 aromatic carbocycles. The Kier molecular flexibility index (Phi) is 3.24. The third-order valence-electron chi connectivity index (χ3n) is 3.48. The maximum absolute atomic E-state index is 11.9. The lowest BCUT2D eigenvalue weighted by molar-refractivity contribution is 0.0941. The molecule has 2 rings (SSSR count). The van der Waals surface area contributed by atoms with Crippen LogP contribution in [0.15, 0.2) is 29.2 Å². The predicted octanol–water partition coefficient (Wildman–Crippen LogP) is 2.90. The van der Waals surface area contributed by atoms with Crippen LogP contribution < -0.4 is 5.32 Å². The predicted molar refractivity (Wildman–Crippen MR) is 68.0 cm³/mol. The Morgan fingerprint density at radius 1 is 1.44 bits per heavy atom. The van der Waals surface area contributed by atoms with Crippen molar-refractivity contribution in [2.45, 2.75) is 31.1 Å². The third-order valence-corrected chi connectivity index (χ3v) is 3.87. The number of carbonyl (C=O) groups is 1. The molecule has 1 aliphatic rings.